The molecule has 0 saturated carbocycles. The maximum absolute atomic E-state index is 12.8. The summed E-state index contributed by atoms with van der Waals surface area (Å²) in [4.78, 5) is 3.38. The molecule has 0 aromatic carbocycles. The summed E-state index contributed by atoms with van der Waals surface area (Å²) in [6, 6.07) is 2.78. The van der Waals surface area contributed by atoms with E-state index in [4.69, 9.17) is 4.74 Å². The Morgan fingerprint density at radius 3 is 2.89 bits per heavy atom. The minimum Gasteiger partial charge on any atom is -0.488 e. The molecule has 1 aromatic heterocycles. The van der Waals surface area contributed by atoms with Crippen molar-refractivity contribution in [1.82, 2.24) is 10.3 Å². The number of rotatable bonds is 3. The second kappa shape index (κ2) is 5.77. The summed E-state index contributed by atoms with van der Waals surface area (Å²) in [7, 11) is 0. The van der Waals surface area contributed by atoms with Crippen LogP contribution in [0.3, 0.4) is 0 Å². The molecular formula is C13H17F3N2O. The number of piperidine rings is 1. The summed E-state index contributed by atoms with van der Waals surface area (Å²) in [5, 5.41) is 3.23. The lowest BCUT2D eigenvalue weighted by molar-refractivity contribution is -0.143. The number of pyridine rings is 1. The minimum absolute atomic E-state index is 0.187. The first-order chi connectivity index (χ1) is 8.98. The fourth-order valence-electron chi connectivity index (χ4n) is 2.27. The average molecular weight is 274 g/mol. The maximum atomic E-state index is 12.8. The Kier molecular flexibility index (Phi) is 4.29. The van der Waals surface area contributed by atoms with Gasteiger partial charge in [-0.05, 0) is 38.4 Å². The Bertz CT molecular complexity index is 417. The fourth-order valence-corrected chi connectivity index (χ4v) is 2.27. The summed E-state index contributed by atoms with van der Waals surface area (Å²) >= 11 is 0. The van der Waals surface area contributed by atoms with Crippen LogP contribution in [0.1, 0.15) is 25.5 Å². The average Bonchev–Trinajstić information content (AvgIpc) is 2.39. The Labute approximate surface area is 110 Å². The van der Waals surface area contributed by atoms with Gasteiger partial charge in [0, 0.05) is 18.7 Å². The number of hydrogen-bond acceptors (Lipinski definition) is 3. The van der Waals surface area contributed by atoms with Crippen molar-refractivity contribution in [2.75, 3.05) is 13.1 Å². The van der Waals surface area contributed by atoms with Crippen LogP contribution in [-0.2, 0) is 6.18 Å². The van der Waals surface area contributed by atoms with Gasteiger partial charge in [0.05, 0.1) is 0 Å². The number of nitrogens with zero attached hydrogens (tertiary/aromatic N) is 1. The Hall–Kier alpha value is -1.30. The van der Waals surface area contributed by atoms with Gasteiger partial charge in [-0.2, -0.15) is 13.2 Å². The molecule has 0 aliphatic carbocycles. The predicted octanol–water partition coefficient (Wildman–Crippen LogP) is 2.87. The van der Waals surface area contributed by atoms with Crippen molar-refractivity contribution in [3.8, 4) is 5.75 Å². The quantitative estimate of drug-likeness (QED) is 0.920. The predicted molar refractivity (Wildman–Crippen MR) is 64.9 cm³/mol. The first-order valence-corrected chi connectivity index (χ1v) is 6.38. The van der Waals surface area contributed by atoms with Gasteiger partial charge in [0.1, 0.15) is 6.10 Å². The molecule has 6 heteroatoms. The largest absolute Gasteiger partial charge is 0.488 e. The summed E-state index contributed by atoms with van der Waals surface area (Å²) in [5.41, 5.74) is -0.953. The van der Waals surface area contributed by atoms with Crippen LogP contribution in [0.5, 0.6) is 5.75 Å². The summed E-state index contributed by atoms with van der Waals surface area (Å²) in [6.07, 6.45) is -1.63. The molecule has 2 unspecified atom stereocenters. The third kappa shape index (κ3) is 3.59. The van der Waals surface area contributed by atoms with Crippen LogP contribution < -0.4 is 10.1 Å². The van der Waals surface area contributed by atoms with Crippen LogP contribution in [-0.4, -0.2) is 24.2 Å². The van der Waals surface area contributed by atoms with Crippen LogP contribution in [0.15, 0.2) is 18.3 Å². The van der Waals surface area contributed by atoms with Crippen molar-refractivity contribution in [1.29, 1.82) is 0 Å². The van der Waals surface area contributed by atoms with Gasteiger partial charge in [-0.3, -0.25) is 0 Å². The van der Waals surface area contributed by atoms with E-state index in [0.717, 1.165) is 32.1 Å². The van der Waals surface area contributed by atoms with Gasteiger partial charge < -0.3 is 10.1 Å². The molecule has 1 aliphatic heterocycles. The highest BCUT2D eigenvalue weighted by atomic mass is 19.4. The first kappa shape index (κ1) is 14.1. The van der Waals surface area contributed by atoms with Gasteiger partial charge in [0.25, 0.3) is 0 Å². The third-order valence-electron chi connectivity index (χ3n) is 3.35. The van der Waals surface area contributed by atoms with E-state index in [-0.39, 0.29) is 17.8 Å². The van der Waals surface area contributed by atoms with Crippen LogP contribution in [0.25, 0.3) is 0 Å². The molecule has 0 amide bonds. The van der Waals surface area contributed by atoms with Gasteiger partial charge in [0.15, 0.2) is 11.4 Å². The monoisotopic (exact) mass is 274 g/mol. The molecule has 2 atom stereocenters. The van der Waals surface area contributed by atoms with Gasteiger partial charge in [0.2, 0.25) is 0 Å². The van der Waals surface area contributed by atoms with E-state index < -0.39 is 11.9 Å². The zero-order chi connectivity index (χ0) is 13.9. The van der Waals surface area contributed by atoms with E-state index >= 15 is 0 Å². The van der Waals surface area contributed by atoms with E-state index in [9.17, 15) is 13.2 Å². The van der Waals surface area contributed by atoms with Crippen molar-refractivity contribution < 1.29 is 17.9 Å². The van der Waals surface area contributed by atoms with Crippen molar-refractivity contribution in [3.63, 3.8) is 0 Å². The zero-order valence-electron chi connectivity index (χ0n) is 10.7. The van der Waals surface area contributed by atoms with Crippen LogP contribution in [0.4, 0.5) is 13.2 Å². The highest BCUT2D eigenvalue weighted by Crippen LogP contribution is 2.35. The SMILES string of the molecule is CC(Oc1cccnc1C(F)(F)F)C1CCCNC1. The van der Waals surface area contributed by atoms with Crippen molar-refractivity contribution in [3.05, 3.63) is 24.0 Å². The second-order valence-electron chi connectivity index (χ2n) is 4.78. The third-order valence-corrected chi connectivity index (χ3v) is 3.35. The molecule has 1 aliphatic rings. The standard InChI is InChI=1S/C13H17F3N2O/c1-9(10-4-2-6-17-8-10)19-11-5-3-7-18-12(11)13(14,15)16/h3,5,7,9-10,17H,2,4,6,8H2,1H3. The zero-order valence-corrected chi connectivity index (χ0v) is 10.7. The van der Waals surface area contributed by atoms with Gasteiger partial charge in [-0.15, -0.1) is 0 Å². The van der Waals surface area contributed by atoms with Crippen LogP contribution in [0.2, 0.25) is 0 Å². The highest BCUT2D eigenvalue weighted by Gasteiger charge is 2.37. The van der Waals surface area contributed by atoms with E-state index in [1.165, 1.54) is 12.1 Å². The van der Waals surface area contributed by atoms with Gasteiger partial charge >= 0.3 is 6.18 Å². The summed E-state index contributed by atoms with van der Waals surface area (Å²) in [5.74, 6) is 0.0445. The van der Waals surface area contributed by atoms with Crippen LogP contribution in [0, 0.1) is 5.92 Å². The maximum Gasteiger partial charge on any atom is 0.437 e. The molecule has 2 rings (SSSR count). The molecule has 19 heavy (non-hydrogen) atoms. The van der Waals surface area contributed by atoms with Crippen molar-refractivity contribution in [2.24, 2.45) is 5.92 Å². The van der Waals surface area contributed by atoms with Crippen molar-refractivity contribution >= 4 is 0 Å². The normalized spacial score (nSPS) is 22.0. The summed E-state index contributed by atoms with van der Waals surface area (Å²) < 4.78 is 43.8. The lowest BCUT2D eigenvalue weighted by atomic mass is 9.94. The molecule has 0 radical (unpaired) electrons. The van der Waals surface area contributed by atoms with Crippen molar-refractivity contribution in [2.45, 2.75) is 32.0 Å². The first-order valence-electron chi connectivity index (χ1n) is 6.38. The second-order valence-corrected chi connectivity index (χ2v) is 4.78. The summed E-state index contributed by atoms with van der Waals surface area (Å²) in [6.45, 7) is 3.55. The number of hydrogen-bond donors (Lipinski definition) is 1. The molecule has 1 fully saturated rings. The molecular weight excluding hydrogens is 257 g/mol. The molecule has 0 bridgehead atoms. The lowest BCUT2D eigenvalue weighted by Gasteiger charge is -2.29. The smallest absolute Gasteiger partial charge is 0.437 e. The van der Waals surface area contributed by atoms with Gasteiger partial charge in [-0.1, -0.05) is 0 Å². The van der Waals surface area contributed by atoms with E-state index in [2.05, 4.69) is 10.3 Å². The Balaban J connectivity index is 2.10. The molecule has 3 nitrogen and oxygen atoms in total. The highest BCUT2D eigenvalue weighted by molar-refractivity contribution is 5.29. The number of nitrogens with one attached hydrogen (secondary N) is 1. The molecule has 2 heterocycles. The molecule has 1 N–H and O–H groups in total. The van der Waals surface area contributed by atoms with E-state index in [1.54, 1.807) is 0 Å². The molecule has 106 valence electrons. The van der Waals surface area contributed by atoms with Gasteiger partial charge in [-0.25, -0.2) is 4.98 Å². The van der Waals surface area contributed by atoms with E-state index in [1.807, 2.05) is 6.92 Å². The lowest BCUT2D eigenvalue weighted by Crippen LogP contribution is -2.38. The Morgan fingerprint density at radius 2 is 2.26 bits per heavy atom. The molecule has 1 saturated heterocycles. The number of ether oxygens (including phenoxy) is 1. The molecule has 0 spiro atoms. The number of alkyl halides is 3. The fraction of sp³-hybridized carbons (Fsp3) is 0.615. The number of halogens is 3. The van der Waals surface area contributed by atoms with E-state index in [0.29, 0.717) is 0 Å². The van der Waals surface area contributed by atoms with Crippen LogP contribution >= 0.6 is 0 Å². The molecule has 1 aromatic rings. The number of aromatic nitrogens is 1. The Morgan fingerprint density at radius 1 is 1.47 bits per heavy atom. The minimum atomic E-state index is -4.48. The topological polar surface area (TPSA) is 34.1 Å².